The summed E-state index contributed by atoms with van der Waals surface area (Å²) >= 11 is 5.80. The molecule has 0 bridgehead atoms. The molecule has 0 radical (unpaired) electrons. The van der Waals surface area contributed by atoms with Crippen LogP contribution in [0.5, 0.6) is 0 Å². The number of aryl methyl sites for hydroxylation is 1. The lowest BCUT2D eigenvalue weighted by atomic mass is 10.2. The van der Waals surface area contributed by atoms with Crippen LogP contribution in [0.3, 0.4) is 0 Å². The zero-order valence-corrected chi connectivity index (χ0v) is 11.2. The third-order valence-electron chi connectivity index (χ3n) is 2.34. The molecule has 0 N–H and O–H groups in total. The third-order valence-corrected chi connectivity index (χ3v) is 3.55. The number of aromatic nitrogens is 2. The Hall–Kier alpha value is -0.550. The van der Waals surface area contributed by atoms with E-state index in [2.05, 4.69) is 12.0 Å². The molecule has 0 fully saturated rings. The van der Waals surface area contributed by atoms with Crippen molar-refractivity contribution in [1.29, 1.82) is 0 Å². The van der Waals surface area contributed by atoms with Crippen molar-refractivity contribution >= 4 is 21.4 Å². The molecule has 4 nitrogen and oxygen atoms in total. The molecule has 0 spiro atoms. The van der Waals surface area contributed by atoms with Crippen molar-refractivity contribution in [2.75, 3.05) is 12.0 Å². The van der Waals surface area contributed by atoms with Crippen LogP contribution in [0.4, 0.5) is 0 Å². The summed E-state index contributed by atoms with van der Waals surface area (Å²) in [6, 6.07) is 0. The second-order valence-corrected chi connectivity index (χ2v) is 6.38. The number of alkyl halides is 1. The highest BCUT2D eigenvalue weighted by Crippen LogP contribution is 2.13. The molecule has 0 atom stereocenters. The molecule has 0 aliphatic heterocycles. The number of nitrogens with zero attached hydrogens (tertiary/aromatic N) is 2. The van der Waals surface area contributed by atoms with Gasteiger partial charge in [-0.15, -0.1) is 11.6 Å². The highest BCUT2D eigenvalue weighted by atomic mass is 35.5. The maximum Gasteiger partial charge on any atom is 0.149 e. The average molecular weight is 265 g/mol. The lowest BCUT2D eigenvalue weighted by Crippen LogP contribution is -2.14. The topological polar surface area (TPSA) is 52.0 Å². The fourth-order valence-electron chi connectivity index (χ4n) is 1.53. The van der Waals surface area contributed by atoms with E-state index in [9.17, 15) is 8.42 Å². The van der Waals surface area contributed by atoms with Gasteiger partial charge in [0.25, 0.3) is 0 Å². The number of sulfone groups is 1. The first-order valence-corrected chi connectivity index (χ1v) is 7.84. The molecule has 0 aromatic carbocycles. The molecule has 1 rings (SSSR count). The standard InChI is InChI=1S/C10H17ClN2O2S/c1-3-4-10-9(7-11)8-12-13(10)5-6-16(2,14)15/h8H,3-7H2,1-2H3. The normalized spacial score (nSPS) is 11.9. The SMILES string of the molecule is CCCc1c(CCl)cnn1CCS(C)(=O)=O. The van der Waals surface area contributed by atoms with Crippen molar-refractivity contribution in [3.8, 4) is 0 Å². The summed E-state index contributed by atoms with van der Waals surface area (Å²) in [7, 11) is -2.95. The first kappa shape index (κ1) is 13.5. The fourth-order valence-corrected chi connectivity index (χ4v) is 2.26. The number of hydrogen-bond acceptors (Lipinski definition) is 3. The average Bonchev–Trinajstić information content (AvgIpc) is 2.57. The Bertz CT molecular complexity index is 440. The van der Waals surface area contributed by atoms with Crippen LogP contribution in [0.1, 0.15) is 24.6 Å². The van der Waals surface area contributed by atoms with Crippen LogP contribution < -0.4 is 0 Å². The summed E-state index contributed by atoms with van der Waals surface area (Å²) in [6.45, 7) is 2.48. The zero-order chi connectivity index (χ0) is 12.2. The zero-order valence-electron chi connectivity index (χ0n) is 9.61. The minimum absolute atomic E-state index is 0.118. The van der Waals surface area contributed by atoms with Crippen LogP contribution in [0.2, 0.25) is 0 Å². The van der Waals surface area contributed by atoms with Gasteiger partial charge in [-0.1, -0.05) is 13.3 Å². The van der Waals surface area contributed by atoms with Crippen LogP contribution in [0, 0.1) is 0 Å². The fraction of sp³-hybridized carbons (Fsp3) is 0.700. The molecule has 1 aromatic heterocycles. The Labute approximate surface area is 102 Å². The molecule has 1 aromatic rings. The van der Waals surface area contributed by atoms with Gasteiger partial charge < -0.3 is 0 Å². The van der Waals surface area contributed by atoms with Gasteiger partial charge in [-0.25, -0.2) is 8.42 Å². The van der Waals surface area contributed by atoms with Crippen molar-refractivity contribution < 1.29 is 8.42 Å². The van der Waals surface area contributed by atoms with Gasteiger partial charge in [-0.3, -0.25) is 4.68 Å². The predicted octanol–water partition coefficient (Wildman–Crippen LogP) is 1.62. The molecular weight excluding hydrogens is 248 g/mol. The van der Waals surface area contributed by atoms with E-state index in [1.54, 1.807) is 10.9 Å². The molecule has 0 aliphatic rings. The van der Waals surface area contributed by atoms with Crippen LogP contribution in [-0.4, -0.2) is 30.2 Å². The molecule has 16 heavy (non-hydrogen) atoms. The lowest BCUT2D eigenvalue weighted by molar-refractivity contribution is 0.576. The monoisotopic (exact) mass is 264 g/mol. The Morgan fingerprint density at radius 3 is 2.69 bits per heavy atom. The van der Waals surface area contributed by atoms with E-state index in [-0.39, 0.29) is 5.75 Å². The molecule has 0 unspecified atom stereocenters. The van der Waals surface area contributed by atoms with Crippen LogP contribution >= 0.6 is 11.6 Å². The van der Waals surface area contributed by atoms with E-state index in [0.29, 0.717) is 12.4 Å². The van der Waals surface area contributed by atoms with E-state index < -0.39 is 9.84 Å². The van der Waals surface area contributed by atoms with Gasteiger partial charge in [-0.05, 0) is 6.42 Å². The Morgan fingerprint density at radius 2 is 2.19 bits per heavy atom. The minimum Gasteiger partial charge on any atom is -0.268 e. The van der Waals surface area contributed by atoms with Crippen molar-refractivity contribution in [2.24, 2.45) is 0 Å². The Kier molecular flexibility index (Phi) is 4.80. The highest BCUT2D eigenvalue weighted by molar-refractivity contribution is 7.90. The van der Waals surface area contributed by atoms with Gasteiger partial charge in [0, 0.05) is 17.5 Å². The van der Waals surface area contributed by atoms with Gasteiger partial charge in [0.2, 0.25) is 0 Å². The first-order chi connectivity index (χ1) is 7.48. The molecule has 0 amide bonds. The van der Waals surface area contributed by atoms with Crippen LogP contribution in [0.25, 0.3) is 0 Å². The maximum atomic E-state index is 11.1. The second-order valence-electron chi connectivity index (χ2n) is 3.85. The maximum absolute atomic E-state index is 11.1. The first-order valence-electron chi connectivity index (χ1n) is 5.25. The second kappa shape index (κ2) is 5.68. The molecule has 1 heterocycles. The molecule has 92 valence electrons. The van der Waals surface area contributed by atoms with Gasteiger partial charge in [0.1, 0.15) is 9.84 Å². The van der Waals surface area contributed by atoms with Crippen molar-refractivity contribution in [3.05, 3.63) is 17.5 Å². The third kappa shape index (κ3) is 3.79. The van der Waals surface area contributed by atoms with E-state index in [0.717, 1.165) is 24.1 Å². The van der Waals surface area contributed by atoms with Crippen molar-refractivity contribution in [1.82, 2.24) is 9.78 Å². The van der Waals surface area contributed by atoms with E-state index in [4.69, 9.17) is 11.6 Å². The molecule has 0 saturated carbocycles. The van der Waals surface area contributed by atoms with Gasteiger partial charge in [-0.2, -0.15) is 5.10 Å². The number of rotatable bonds is 6. The van der Waals surface area contributed by atoms with Crippen LogP contribution in [0.15, 0.2) is 6.20 Å². The van der Waals surface area contributed by atoms with Crippen molar-refractivity contribution in [3.63, 3.8) is 0 Å². The lowest BCUT2D eigenvalue weighted by Gasteiger charge is -2.07. The molecule has 6 heteroatoms. The summed E-state index contributed by atoms with van der Waals surface area (Å²) in [5, 5.41) is 4.18. The van der Waals surface area contributed by atoms with E-state index in [1.807, 2.05) is 0 Å². The quantitative estimate of drug-likeness (QED) is 0.734. The highest BCUT2D eigenvalue weighted by Gasteiger charge is 2.11. The number of hydrogen-bond donors (Lipinski definition) is 0. The Morgan fingerprint density at radius 1 is 1.50 bits per heavy atom. The summed E-state index contributed by atoms with van der Waals surface area (Å²) < 4.78 is 23.9. The minimum atomic E-state index is -2.95. The summed E-state index contributed by atoms with van der Waals surface area (Å²) in [5.41, 5.74) is 2.05. The van der Waals surface area contributed by atoms with Gasteiger partial charge in [0.05, 0.1) is 24.4 Å². The summed E-state index contributed by atoms with van der Waals surface area (Å²) in [4.78, 5) is 0. The summed E-state index contributed by atoms with van der Waals surface area (Å²) in [5.74, 6) is 0.543. The summed E-state index contributed by atoms with van der Waals surface area (Å²) in [6.07, 6.45) is 4.83. The van der Waals surface area contributed by atoms with E-state index >= 15 is 0 Å². The van der Waals surface area contributed by atoms with E-state index in [1.165, 1.54) is 6.26 Å². The molecular formula is C10H17ClN2O2S. The van der Waals surface area contributed by atoms with Gasteiger partial charge in [0.15, 0.2) is 0 Å². The largest absolute Gasteiger partial charge is 0.268 e. The number of halogens is 1. The molecule has 0 saturated heterocycles. The molecule has 0 aliphatic carbocycles. The Balaban J connectivity index is 2.83. The van der Waals surface area contributed by atoms with Crippen molar-refractivity contribution in [2.45, 2.75) is 32.2 Å². The predicted molar refractivity (Wildman–Crippen MR) is 65.5 cm³/mol. The van der Waals surface area contributed by atoms with Crippen LogP contribution in [-0.2, 0) is 28.7 Å². The van der Waals surface area contributed by atoms with Gasteiger partial charge >= 0.3 is 0 Å². The smallest absolute Gasteiger partial charge is 0.149 e.